The lowest BCUT2D eigenvalue weighted by Gasteiger charge is -2.12. The molecule has 0 saturated heterocycles. The fourth-order valence-electron chi connectivity index (χ4n) is 1.56. The summed E-state index contributed by atoms with van der Waals surface area (Å²) < 4.78 is 2.63. The maximum absolute atomic E-state index is 11.9. The van der Waals surface area contributed by atoms with Crippen molar-refractivity contribution in [1.29, 1.82) is 0 Å². The van der Waals surface area contributed by atoms with Crippen LogP contribution in [-0.4, -0.2) is 38.2 Å². The van der Waals surface area contributed by atoms with E-state index in [4.69, 9.17) is 0 Å². The lowest BCUT2D eigenvalue weighted by Crippen LogP contribution is -2.32. The van der Waals surface area contributed by atoms with Crippen LogP contribution in [-0.2, 0) is 4.79 Å². The predicted octanol–water partition coefficient (Wildman–Crippen LogP) is 1.90. The summed E-state index contributed by atoms with van der Waals surface area (Å²) in [7, 11) is 0. The van der Waals surface area contributed by atoms with Crippen LogP contribution in [0.1, 0.15) is 24.4 Å². The van der Waals surface area contributed by atoms with Crippen LogP contribution in [0.2, 0.25) is 0 Å². The summed E-state index contributed by atoms with van der Waals surface area (Å²) in [6.07, 6.45) is 4.36. The number of carbonyl (C=O) groups excluding carboxylic acids is 1. The van der Waals surface area contributed by atoms with Crippen LogP contribution in [0.25, 0.3) is 0 Å². The molecule has 0 aromatic carbocycles. The van der Waals surface area contributed by atoms with Crippen molar-refractivity contribution in [2.45, 2.75) is 30.6 Å². The molecule has 0 fully saturated rings. The van der Waals surface area contributed by atoms with Crippen LogP contribution in [0, 0.1) is 6.92 Å². The fraction of sp³-hybridized carbons (Fsp3) is 0.500. The summed E-state index contributed by atoms with van der Waals surface area (Å²) in [5, 5.41) is 16.0. The lowest BCUT2D eigenvalue weighted by atomic mass is 10.3. The molecule has 1 unspecified atom stereocenters. The molecule has 0 aliphatic carbocycles. The van der Waals surface area contributed by atoms with Crippen molar-refractivity contribution < 1.29 is 4.79 Å². The largest absolute Gasteiger partial charge is 0.354 e. The molecular weight excluding hydrogens is 294 g/mol. The highest BCUT2D eigenvalue weighted by atomic mass is 32.2. The molecule has 8 heteroatoms. The number of carbonyl (C=O) groups is 1. The molecule has 2 aromatic heterocycles. The van der Waals surface area contributed by atoms with E-state index in [-0.39, 0.29) is 11.9 Å². The highest BCUT2D eigenvalue weighted by Gasteiger charge is 2.13. The Morgan fingerprint density at radius 3 is 3.05 bits per heavy atom. The Bertz CT molecular complexity index is 540. The third kappa shape index (κ3) is 4.31. The van der Waals surface area contributed by atoms with Gasteiger partial charge in [-0.25, -0.2) is 0 Å². The zero-order valence-corrected chi connectivity index (χ0v) is 13.1. The zero-order chi connectivity index (χ0) is 14.4. The highest BCUT2D eigenvalue weighted by Crippen LogP contribution is 2.21. The molecule has 2 heterocycles. The number of aromatic nitrogens is 4. The second-order valence-corrected chi connectivity index (χ2v) is 6.77. The Labute approximate surface area is 126 Å². The number of amides is 1. The first-order chi connectivity index (χ1) is 9.66. The molecule has 1 atom stereocenters. The van der Waals surface area contributed by atoms with Crippen molar-refractivity contribution in [2.24, 2.45) is 0 Å². The number of thioether (sulfide) groups is 1. The fourth-order valence-corrected chi connectivity index (χ4v) is 3.38. The van der Waals surface area contributed by atoms with Gasteiger partial charge in [0.1, 0.15) is 11.0 Å². The van der Waals surface area contributed by atoms with Gasteiger partial charge in [-0.1, -0.05) is 23.1 Å². The van der Waals surface area contributed by atoms with E-state index < -0.39 is 0 Å². The summed E-state index contributed by atoms with van der Waals surface area (Å²) >= 11 is 3.27. The number of hydrogen-bond acceptors (Lipinski definition) is 6. The lowest BCUT2D eigenvalue weighted by molar-refractivity contribution is -0.124. The molecule has 1 amide bonds. The number of nitrogens with zero attached hydrogens (tertiary/aromatic N) is 4. The predicted molar refractivity (Wildman–Crippen MR) is 79.9 cm³/mol. The molecule has 0 bridgehead atoms. The highest BCUT2D eigenvalue weighted by molar-refractivity contribution is 8.01. The molecule has 0 saturated carbocycles. The number of aryl methyl sites for hydroxylation is 1. The van der Waals surface area contributed by atoms with E-state index >= 15 is 0 Å². The van der Waals surface area contributed by atoms with Crippen molar-refractivity contribution in [3.63, 3.8) is 0 Å². The third-order valence-corrected chi connectivity index (χ3v) is 4.71. The SMILES string of the molecule is Cc1nnc(SCCCNC(=O)C(C)n2cccn2)s1. The van der Waals surface area contributed by atoms with Crippen LogP contribution >= 0.6 is 23.1 Å². The van der Waals surface area contributed by atoms with Crippen LogP contribution in [0.4, 0.5) is 0 Å². The van der Waals surface area contributed by atoms with Gasteiger partial charge in [-0.15, -0.1) is 10.2 Å². The monoisotopic (exact) mass is 311 g/mol. The Balaban J connectivity index is 1.62. The summed E-state index contributed by atoms with van der Waals surface area (Å²) in [6, 6.07) is 1.54. The molecule has 108 valence electrons. The minimum absolute atomic E-state index is 0.00883. The van der Waals surface area contributed by atoms with Gasteiger partial charge < -0.3 is 5.32 Å². The first-order valence-corrected chi connectivity index (χ1v) is 8.17. The standard InChI is InChI=1S/C12H17N5OS2/c1-9(17-7-3-6-14-17)11(18)13-5-4-8-19-12-16-15-10(2)20-12/h3,6-7,9H,4-5,8H2,1-2H3,(H,13,18). The van der Waals surface area contributed by atoms with E-state index in [1.807, 2.05) is 19.9 Å². The minimum Gasteiger partial charge on any atom is -0.354 e. The summed E-state index contributed by atoms with van der Waals surface area (Å²) in [5.41, 5.74) is 0. The first-order valence-electron chi connectivity index (χ1n) is 6.36. The molecule has 0 spiro atoms. The van der Waals surface area contributed by atoms with E-state index in [1.165, 1.54) is 0 Å². The van der Waals surface area contributed by atoms with Gasteiger partial charge in [-0.3, -0.25) is 9.48 Å². The smallest absolute Gasteiger partial charge is 0.244 e. The normalized spacial score (nSPS) is 12.3. The van der Waals surface area contributed by atoms with Crippen LogP contribution in [0.15, 0.2) is 22.8 Å². The molecular formula is C12H17N5OS2. The topological polar surface area (TPSA) is 72.7 Å². The van der Waals surface area contributed by atoms with Gasteiger partial charge in [-0.2, -0.15) is 5.10 Å². The van der Waals surface area contributed by atoms with Gasteiger partial charge in [0.05, 0.1) is 0 Å². The van der Waals surface area contributed by atoms with Crippen molar-refractivity contribution in [1.82, 2.24) is 25.3 Å². The number of hydrogen-bond donors (Lipinski definition) is 1. The van der Waals surface area contributed by atoms with E-state index in [9.17, 15) is 4.79 Å². The van der Waals surface area contributed by atoms with Crippen LogP contribution < -0.4 is 5.32 Å². The Morgan fingerprint density at radius 2 is 2.40 bits per heavy atom. The minimum atomic E-state index is -0.275. The maximum Gasteiger partial charge on any atom is 0.244 e. The van der Waals surface area contributed by atoms with Crippen molar-refractivity contribution in [2.75, 3.05) is 12.3 Å². The van der Waals surface area contributed by atoms with Gasteiger partial charge in [0.25, 0.3) is 0 Å². The van der Waals surface area contributed by atoms with E-state index in [1.54, 1.807) is 40.2 Å². The van der Waals surface area contributed by atoms with Gasteiger partial charge in [0.15, 0.2) is 4.34 Å². The maximum atomic E-state index is 11.9. The molecule has 20 heavy (non-hydrogen) atoms. The van der Waals surface area contributed by atoms with E-state index in [0.29, 0.717) is 6.54 Å². The average Bonchev–Trinajstić information content (AvgIpc) is 3.08. The summed E-state index contributed by atoms with van der Waals surface area (Å²) in [5.74, 6) is 0.913. The zero-order valence-electron chi connectivity index (χ0n) is 11.4. The summed E-state index contributed by atoms with van der Waals surface area (Å²) in [4.78, 5) is 11.9. The van der Waals surface area contributed by atoms with Crippen molar-refractivity contribution in [3.05, 3.63) is 23.5 Å². The van der Waals surface area contributed by atoms with Gasteiger partial charge in [0, 0.05) is 24.7 Å². The molecule has 0 radical (unpaired) electrons. The quantitative estimate of drug-likeness (QED) is 0.624. The molecule has 1 N–H and O–H groups in total. The Morgan fingerprint density at radius 1 is 1.55 bits per heavy atom. The summed E-state index contributed by atoms with van der Waals surface area (Å²) in [6.45, 7) is 4.44. The molecule has 6 nitrogen and oxygen atoms in total. The van der Waals surface area contributed by atoms with Gasteiger partial charge in [0.2, 0.25) is 5.91 Å². The average molecular weight is 311 g/mol. The number of nitrogens with one attached hydrogen (secondary N) is 1. The van der Waals surface area contributed by atoms with E-state index in [2.05, 4.69) is 20.6 Å². The van der Waals surface area contributed by atoms with Gasteiger partial charge in [-0.05, 0) is 26.3 Å². The molecule has 2 aromatic rings. The van der Waals surface area contributed by atoms with E-state index in [0.717, 1.165) is 21.5 Å². The third-order valence-electron chi connectivity index (χ3n) is 2.65. The Kier molecular flexibility index (Phi) is 5.54. The number of rotatable bonds is 7. The first kappa shape index (κ1) is 15.0. The Hall–Kier alpha value is -1.41. The van der Waals surface area contributed by atoms with Crippen LogP contribution in [0.3, 0.4) is 0 Å². The van der Waals surface area contributed by atoms with Crippen LogP contribution in [0.5, 0.6) is 0 Å². The molecule has 0 aliphatic heterocycles. The second-order valence-electron chi connectivity index (χ2n) is 4.24. The second kappa shape index (κ2) is 7.39. The van der Waals surface area contributed by atoms with Crippen molar-refractivity contribution >= 4 is 29.0 Å². The van der Waals surface area contributed by atoms with Crippen molar-refractivity contribution in [3.8, 4) is 0 Å². The van der Waals surface area contributed by atoms with Gasteiger partial charge >= 0.3 is 0 Å². The molecule has 2 rings (SSSR count). The molecule has 0 aliphatic rings.